The molecule has 3 heteroatoms. The minimum absolute atomic E-state index is 0.245. The highest BCUT2D eigenvalue weighted by Crippen LogP contribution is 2.47. The van der Waals surface area contributed by atoms with E-state index < -0.39 is 5.60 Å². The second kappa shape index (κ2) is 6.45. The highest BCUT2D eigenvalue weighted by atomic mass is 19.1. The molecule has 0 bridgehead atoms. The molecule has 0 amide bonds. The number of hydrogen-bond acceptors (Lipinski definition) is 2. The minimum atomic E-state index is -0.895. The molecule has 1 aliphatic carbocycles. The molecule has 0 aromatic heterocycles. The average molecular weight is 293 g/mol. The van der Waals surface area contributed by atoms with Crippen LogP contribution < -0.4 is 5.73 Å². The van der Waals surface area contributed by atoms with Crippen molar-refractivity contribution in [2.24, 2.45) is 17.1 Å². The van der Waals surface area contributed by atoms with Gasteiger partial charge in [-0.3, -0.25) is 0 Å². The van der Waals surface area contributed by atoms with Crippen LogP contribution in [0.3, 0.4) is 0 Å². The third-order valence-electron chi connectivity index (χ3n) is 5.61. The summed E-state index contributed by atoms with van der Waals surface area (Å²) in [6.45, 7) is 4.59. The highest BCUT2D eigenvalue weighted by molar-refractivity contribution is 5.20. The largest absolute Gasteiger partial charge is 0.389 e. The Morgan fingerprint density at radius 3 is 2.57 bits per heavy atom. The van der Waals surface area contributed by atoms with Gasteiger partial charge in [0.15, 0.2) is 0 Å². The van der Waals surface area contributed by atoms with Gasteiger partial charge in [0.25, 0.3) is 0 Å². The Morgan fingerprint density at radius 2 is 2.05 bits per heavy atom. The first-order valence-electron chi connectivity index (χ1n) is 8.09. The summed E-state index contributed by atoms with van der Waals surface area (Å²) in [5.74, 6) is 0.509. The van der Waals surface area contributed by atoms with E-state index in [1.165, 1.54) is 18.6 Å². The van der Waals surface area contributed by atoms with Gasteiger partial charge in [-0.2, -0.15) is 0 Å². The molecule has 1 aliphatic rings. The molecule has 0 heterocycles. The lowest BCUT2D eigenvalue weighted by Crippen LogP contribution is -2.53. The fourth-order valence-corrected chi connectivity index (χ4v) is 3.83. The molecule has 0 saturated heterocycles. The first-order chi connectivity index (χ1) is 9.92. The summed E-state index contributed by atoms with van der Waals surface area (Å²) >= 11 is 0. The Hall–Kier alpha value is -0.930. The number of halogens is 1. The van der Waals surface area contributed by atoms with Gasteiger partial charge in [0, 0.05) is 18.4 Å². The fraction of sp³-hybridized carbons (Fsp3) is 0.667. The minimum Gasteiger partial charge on any atom is -0.389 e. The van der Waals surface area contributed by atoms with Crippen LogP contribution in [0, 0.1) is 17.2 Å². The van der Waals surface area contributed by atoms with Gasteiger partial charge in [0.05, 0.1) is 5.60 Å². The second-order valence-electron chi connectivity index (χ2n) is 6.92. The zero-order valence-corrected chi connectivity index (χ0v) is 13.2. The smallest absolute Gasteiger partial charge is 0.123 e. The van der Waals surface area contributed by atoms with E-state index in [9.17, 15) is 9.50 Å². The van der Waals surface area contributed by atoms with Crippen LogP contribution >= 0.6 is 0 Å². The Balaban J connectivity index is 2.16. The molecule has 0 aliphatic heterocycles. The molecule has 1 aromatic rings. The molecular formula is C18H28FNO. The quantitative estimate of drug-likeness (QED) is 0.870. The van der Waals surface area contributed by atoms with Crippen LogP contribution in [0.25, 0.3) is 0 Å². The van der Waals surface area contributed by atoms with Gasteiger partial charge in [-0.15, -0.1) is 0 Å². The Labute approximate surface area is 127 Å². The van der Waals surface area contributed by atoms with Gasteiger partial charge in [-0.1, -0.05) is 25.5 Å². The SMILES string of the molecule is CCC1CCC(CN)(C(C)(O)Cc2cccc(F)c2)CC1. The molecular weight excluding hydrogens is 265 g/mol. The number of rotatable bonds is 5. The zero-order chi connectivity index (χ0) is 15.5. The summed E-state index contributed by atoms with van der Waals surface area (Å²) < 4.78 is 13.4. The topological polar surface area (TPSA) is 46.2 Å². The molecule has 118 valence electrons. The monoisotopic (exact) mass is 293 g/mol. The second-order valence-corrected chi connectivity index (χ2v) is 6.92. The first-order valence-corrected chi connectivity index (χ1v) is 8.09. The maximum atomic E-state index is 13.4. The molecule has 1 saturated carbocycles. The zero-order valence-electron chi connectivity index (χ0n) is 13.2. The third kappa shape index (κ3) is 3.46. The summed E-state index contributed by atoms with van der Waals surface area (Å²) in [7, 11) is 0. The lowest BCUT2D eigenvalue weighted by atomic mass is 9.60. The molecule has 2 nitrogen and oxygen atoms in total. The van der Waals surface area contributed by atoms with Gasteiger partial charge >= 0.3 is 0 Å². The molecule has 1 aromatic carbocycles. The Bertz CT molecular complexity index is 464. The number of hydrogen-bond donors (Lipinski definition) is 2. The molecule has 1 unspecified atom stereocenters. The van der Waals surface area contributed by atoms with E-state index in [0.29, 0.717) is 13.0 Å². The highest BCUT2D eigenvalue weighted by Gasteiger charge is 2.47. The maximum absolute atomic E-state index is 13.4. The summed E-state index contributed by atoms with van der Waals surface area (Å²) in [6.07, 6.45) is 5.85. The number of aliphatic hydroxyl groups is 1. The molecule has 21 heavy (non-hydrogen) atoms. The van der Waals surface area contributed by atoms with E-state index in [2.05, 4.69) is 6.92 Å². The van der Waals surface area contributed by atoms with Crippen molar-refractivity contribution in [2.45, 2.75) is 58.0 Å². The summed E-state index contributed by atoms with van der Waals surface area (Å²) in [6, 6.07) is 6.52. The molecule has 1 fully saturated rings. The lowest BCUT2D eigenvalue weighted by molar-refractivity contribution is -0.0912. The summed E-state index contributed by atoms with van der Waals surface area (Å²) in [4.78, 5) is 0. The molecule has 0 spiro atoms. The predicted molar refractivity (Wildman–Crippen MR) is 84.5 cm³/mol. The van der Waals surface area contributed by atoms with Crippen LogP contribution in [0.15, 0.2) is 24.3 Å². The van der Waals surface area contributed by atoms with Gasteiger partial charge < -0.3 is 10.8 Å². The van der Waals surface area contributed by atoms with Gasteiger partial charge in [0.2, 0.25) is 0 Å². The Morgan fingerprint density at radius 1 is 1.38 bits per heavy atom. The van der Waals surface area contributed by atoms with Crippen molar-refractivity contribution < 1.29 is 9.50 Å². The van der Waals surface area contributed by atoms with Crippen molar-refractivity contribution in [2.75, 3.05) is 6.54 Å². The third-order valence-corrected chi connectivity index (χ3v) is 5.61. The van der Waals surface area contributed by atoms with Crippen LogP contribution in [0.4, 0.5) is 4.39 Å². The van der Waals surface area contributed by atoms with Crippen molar-refractivity contribution in [1.82, 2.24) is 0 Å². The number of nitrogens with two attached hydrogens (primary N) is 1. The first kappa shape index (κ1) is 16.4. The van der Waals surface area contributed by atoms with E-state index in [-0.39, 0.29) is 11.2 Å². The summed E-state index contributed by atoms with van der Waals surface area (Å²) in [5.41, 5.74) is 5.76. The number of benzene rings is 1. The molecule has 2 rings (SSSR count). The van der Waals surface area contributed by atoms with E-state index in [1.807, 2.05) is 13.0 Å². The van der Waals surface area contributed by atoms with Crippen molar-refractivity contribution in [3.8, 4) is 0 Å². The van der Waals surface area contributed by atoms with Crippen molar-refractivity contribution in [3.63, 3.8) is 0 Å². The standard InChI is InChI=1S/C18H28FNO/c1-3-14-7-9-18(13-20,10-8-14)17(2,21)12-15-5-4-6-16(19)11-15/h4-6,11,14,21H,3,7-10,12-13,20H2,1-2H3. The van der Waals surface area contributed by atoms with Crippen molar-refractivity contribution in [1.29, 1.82) is 0 Å². The summed E-state index contributed by atoms with van der Waals surface area (Å²) in [5, 5.41) is 11.1. The van der Waals surface area contributed by atoms with Gasteiger partial charge in [-0.05, 0) is 56.2 Å². The molecule has 3 N–H and O–H groups in total. The maximum Gasteiger partial charge on any atom is 0.123 e. The van der Waals surface area contributed by atoms with E-state index >= 15 is 0 Å². The van der Waals surface area contributed by atoms with Crippen LogP contribution in [0.5, 0.6) is 0 Å². The van der Waals surface area contributed by atoms with Crippen molar-refractivity contribution >= 4 is 0 Å². The lowest BCUT2D eigenvalue weighted by Gasteiger charge is -2.49. The van der Waals surface area contributed by atoms with E-state index in [4.69, 9.17) is 5.73 Å². The van der Waals surface area contributed by atoms with Gasteiger partial charge in [-0.25, -0.2) is 4.39 Å². The van der Waals surface area contributed by atoms with Gasteiger partial charge in [0.1, 0.15) is 5.82 Å². The fourth-order valence-electron chi connectivity index (χ4n) is 3.83. The van der Waals surface area contributed by atoms with E-state index in [1.54, 1.807) is 6.07 Å². The molecule has 1 atom stereocenters. The normalized spacial score (nSPS) is 29.1. The average Bonchev–Trinajstić information content (AvgIpc) is 2.46. The Kier molecular flexibility index (Phi) is 5.05. The van der Waals surface area contributed by atoms with Crippen LogP contribution in [0.1, 0.15) is 51.5 Å². The van der Waals surface area contributed by atoms with E-state index in [0.717, 1.165) is 37.2 Å². The van der Waals surface area contributed by atoms with Crippen LogP contribution in [0.2, 0.25) is 0 Å². The predicted octanol–water partition coefficient (Wildman–Crippen LogP) is 3.66. The molecule has 0 radical (unpaired) electrons. The van der Waals surface area contributed by atoms with Crippen LogP contribution in [-0.4, -0.2) is 17.3 Å². The van der Waals surface area contributed by atoms with Crippen LogP contribution in [-0.2, 0) is 6.42 Å². The van der Waals surface area contributed by atoms with Crippen molar-refractivity contribution in [3.05, 3.63) is 35.6 Å².